The molecule has 3 nitrogen and oxygen atoms in total. The Morgan fingerprint density at radius 1 is 1.33 bits per heavy atom. The summed E-state index contributed by atoms with van der Waals surface area (Å²) >= 11 is 0. The van der Waals surface area contributed by atoms with Gasteiger partial charge in [0.25, 0.3) is 0 Å². The molecule has 0 bridgehead atoms. The Balaban J connectivity index is 2.54. The summed E-state index contributed by atoms with van der Waals surface area (Å²) in [6.07, 6.45) is 1.54. The number of ether oxygens (including phenoxy) is 1. The maximum atomic E-state index is 5.71. The van der Waals surface area contributed by atoms with Crippen molar-refractivity contribution in [3.8, 4) is 0 Å². The summed E-state index contributed by atoms with van der Waals surface area (Å²) in [6, 6.07) is 1.25. The van der Waals surface area contributed by atoms with Crippen LogP contribution >= 0.6 is 0 Å². The van der Waals surface area contributed by atoms with E-state index in [1.165, 1.54) is 6.42 Å². The topological polar surface area (TPSA) is 24.5 Å². The standard InChI is InChI=1S/C15H32N2O/c1-7-13-11-17(8-9-18-12(2)3)14(10-16-13)15(4,5)6/h12-14,16H,7-11H2,1-6H3. The molecular weight excluding hydrogens is 224 g/mol. The van der Waals surface area contributed by atoms with Gasteiger partial charge in [-0.05, 0) is 25.7 Å². The molecule has 2 unspecified atom stereocenters. The Morgan fingerprint density at radius 3 is 2.50 bits per heavy atom. The first-order valence-electron chi connectivity index (χ1n) is 7.43. The van der Waals surface area contributed by atoms with Crippen LogP contribution in [0.2, 0.25) is 0 Å². The van der Waals surface area contributed by atoms with Crippen LogP contribution in [-0.2, 0) is 4.74 Å². The van der Waals surface area contributed by atoms with Gasteiger partial charge in [-0.3, -0.25) is 4.90 Å². The maximum absolute atomic E-state index is 5.71. The maximum Gasteiger partial charge on any atom is 0.0597 e. The first-order chi connectivity index (χ1) is 8.34. The molecule has 2 atom stereocenters. The minimum Gasteiger partial charge on any atom is -0.377 e. The van der Waals surface area contributed by atoms with Crippen molar-refractivity contribution >= 4 is 0 Å². The predicted molar refractivity (Wildman–Crippen MR) is 78.0 cm³/mol. The molecule has 108 valence electrons. The van der Waals surface area contributed by atoms with Crippen LogP contribution in [0.15, 0.2) is 0 Å². The zero-order valence-electron chi connectivity index (χ0n) is 13.1. The molecule has 1 N–H and O–H groups in total. The zero-order valence-corrected chi connectivity index (χ0v) is 13.1. The lowest BCUT2D eigenvalue weighted by Gasteiger charge is -2.46. The van der Waals surface area contributed by atoms with Crippen LogP contribution in [0.3, 0.4) is 0 Å². The molecule has 1 fully saturated rings. The van der Waals surface area contributed by atoms with Crippen molar-refractivity contribution in [2.24, 2.45) is 5.41 Å². The van der Waals surface area contributed by atoms with Crippen molar-refractivity contribution < 1.29 is 4.74 Å². The molecule has 0 saturated carbocycles. The van der Waals surface area contributed by atoms with Crippen molar-refractivity contribution in [2.75, 3.05) is 26.2 Å². The second-order valence-corrected chi connectivity index (χ2v) is 6.81. The number of nitrogens with zero attached hydrogens (tertiary/aromatic N) is 1. The Hall–Kier alpha value is -0.120. The fourth-order valence-corrected chi connectivity index (χ4v) is 2.66. The monoisotopic (exact) mass is 256 g/mol. The van der Waals surface area contributed by atoms with E-state index in [0.29, 0.717) is 23.6 Å². The molecule has 0 aromatic rings. The molecule has 0 radical (unpaired) electrons. The largest absolute Gasteiger partial charge is 0.377 e. The summed E-state index contributed by atoms with van der Waals surface area (Å²) in [6.45, 7) is 17.6. The lowest BCUT2D eigenvalue weighted by atomic mass is 9.83. The fraction of sp³-hybridized carbons (Fsp3) is 1.00. The Labute approximate surface area is 113 Å². The van der Waals surface area contributed by atoms with E-state index in [0.717, 1.165) is 26.2 Å². The van der Waals surface area contributed by atoms with Gasteiger partial charge in [-0.1, -0.05) is 27.7 Å². The Kier molecular flexibility index (Phi) is 6.09. The van der Waals surface area contributed by atoms with Crippen molar-refractivity contribution in [1.29, 1.82) is 0 Å². The van der Waals surface area contributed by atoms with Gasteiger partial charge in [-0.2, -0.15) is 0 Å². The highest BCUT2D eigenvalue weighted by molar-refractivity contribution is 4.91. The molecule has 1 rings (SSSR count). The van der Waals surface area contributed by atoms with Crippen LogP contribution in [0.1, 0.15) is 48.0 Å². The predicted octanol–water partition coefficient (Wildman–Crippen LogP) is 2.51. The SMILES string of the molecule is CCC1CN(CCOC(C)C)C(C(C)(C)C)CN1. The average molecular weight is 256 g/mol. The second-order valence-electron chi connectivity index (χ2n) is 6.81. The van der Waals surface area contributed by atoms with Gasteiger partial charge in [-0.15, -0.1) is 0 Å². The Bertz CT molecular complexity index is 235. The first-order valence-corrected chi connectivity index (χ1v) is 7.43. The van der Waals surface area contributed by atoms with Crippen LogP contribution in [0.25, 0.3) is 0 Å². The van der Waals surface area contributed by atoms with Crippen molar-refractivity contribution in [1.82, 2.24) is 10.2 Å². The molecule has 1 heterocycles. The van der Waals surface area contributed by atoms with Crippen LogP contribution < -0.4 is 5.32 Å². The van der Waals surface area contributed by atoms with E-state index in [2.05, 4.69) is 51.8 Å². The van der Waals surface area contributed by atoms with Gasteiger partial charge in [0.15, 0.2) is 0 Å². The summed E-state index contributed by atoms with van der Waals surface area (Å²) < 4.78 is 5.71. The third-order valence-corrected chi connectivity index (χ3v) is 3.82. The summed E-state index contributed by atoms with van der Waals surface area (Å²) in [4.78, 5) is 2.62. The smallest absolute Gasteiger partial charge is 0.0597 e. The van der Waals surface area contributed by atoms with E-state index in [-0.39, 0.29) is 0 Å². The molecule has 1 saturated heterocycles. The second kappa shape index (κ2) is 6.88. The van der Waals surface area contributed by atoms with E-state index < -0.39 is 0 Å². The molecule has 0 aromatic heterocycles. The molecule has 1 aliphatic rings. The molecule has 18 heavy (non-hydrogen) atoms. The van der Waals surface area contributed by atoms with Crippen molar-refractivity contribution in [3.05, 3.63) is 0 Å². The van der Waals surface area contributed by atoms with Gasteiger partial charge in [0.05, 0.1) is 12.7 Å². The van der Waals surface area contributed by atoms with Gasteiger partial charge >= 0.3 is 0 Å². The number of hydrogen-bond acceptors (Lipinski definition) is 3. The van der Waals surface area contributed by atoms with Gasteiger partial charge in [-0.25, -0.2) is 0 Å². The summed E-state index contributed by atoms with van der Waals surface area (Å²) in [5, 5.41) is 3.67. The van der Waals surface area contributed by atoms with Crippen molar-refractivity contribution in [3.63, 3.8) is 0 Å². The summed E-state index contributed by atoms with van der Waals surface area (Å²) in [5.74, 6) is 0. The van der Waals surface area contributed by atoms with Crippen LogP contribution in [0.5, 0.6) is 0 Å². The number of hydrogen-bond donors (Lipinski definition) is 1. The van der Waals surface area contributed by atoms with E-state index in [1.807, 2.05) is 0 Å². The molecule has 0 amide bonds. The van der Waals surface area contributed by atoms with E-state index in [4.69, 9.17) is 4.74 Å². The fourth-order valence-electron chi connectivity index (χ4n) is 2.66. The molecule has 0 spiro atoms. The van der Waals surface area contributed by atoms with Crippen LogP contribution in [0, 0.1) is 5.41 Å². The highest BCUT2D eigenvalue weighted by Gasteiger charge is 2.34. The molecule has 0 aliphatic carbocycles. The number of nitrogens with one attached hydrogen (secondary N) is 1. The average Bonchev–Trinajstić information content (AvgIpc) is 2.27. The number of rotatable bonds is 5. The molecule has 0 aromatic carbocycles. The highest BCUT2D eigenvalue weighted by atomic mass is 16.5. The van der Waals surface area contributed by atoms with Crippen molar-refractivity contribution in [2.45, 2.75) is 66.2 Å². The quantitative estimate of drug-likeness (QED) is 0.818. The molecule has 1 aliphatic heterocycles. The van der Waals surface area contributed by atoms with Gasteiger partial charge in [0.1, 0.15) is 0 Å². The van der Waals surface area contributed by atoms with Gasteiger partial charge in [0.2, 0.25) is 0 Å². The minimum absolute atomic E-state index is 0.323. The van der Waals surface area contributed by atoms with E-state index >= 15 is 0 Å². The van der Waals surface area contributed by atoms with E-state index in [9.17, 15) is 0 Å². The normalized spacial score (nSPS) is 26.8. The molecule has 3 heteroatoms. The van der Waals surface area contributed by atoms with Crippen LogP contribution in [-0.4, -0.2) is 49.3 Å². The van der Waals surface area contributed by atoms with Gasteiger partial charge in [0, 0.05) is 31.7 Å². The van der Waals surface area contributed by atoms with Crippen LogP contribution in [0.4, 0.5) is 0 Å². The summed E-state index contributed by atoms with van der Waals surface area (Å²) in [7, 11) is 0. The lowest BCUT2D eigenvalue weighted by molar-refractivity contribution is 0.00916. The third-order valence-electron chi connectivity index (χ3n) is 3.82. The van der Waals surface area contributed by atoms with Gasteiger partial charge < -0.3 is 10.1 Å². The number of piperazine rings is 1. The lowest BCUT2D eigenvalue weighted by Crippen LogP contribution is -2.60. The zero-order chi connectivity index (χ0) is 13.8. The first kappa shape index (κ1) is 15.9. The molecular formula is C15H32N2O. The summed E-state index contributed by atoms with van der Waals surface area (Å²) in [5.41, 5.74) is 0.323. The van der Waals surface area contributed by atoms with E-state index in [1.54, 1.807) is 0 Å². The Morgan fingerprint density at radius 2 is 2.00 bits per heavy atom. The highest BCUT2D eigenvalue weighted by Crippen LogP contribution is 2.26. The minimum atomic E-state index is 0.323. The third kappa shape index (κ3) is 4.87.